The molecule has 0 aliphatic heterocycles. The lowest BCUT2D eigenvalue weighted by Crippen LogP contribution is -2.15. The number of carbonyl (C=O) groups excluding carboxylic acids is 1. The molecule has 2 heterocycles. The molecule has 2 rings (SSSR count). The van der Waals surface area contributed by atoms with Gasteiger partial charge in [-0.1, -0.05) is 18.5 Å². The molecular weight excluding hydrogens is 286 g/mol. The number of hydrogen-bond acceptors (Lipinski definition) is 4. The molecule has 0 bridgehead atoms. The van der Waals surface area contributed by atoms with Crippen LogP contribution in [0.25, 0.3) is 0 Å². The summed E-state index contributed by atoms with van der Waals surface area (Å²) in [6.07, 6.45) is 2.15. The first-order chi connectivity index (χ1) is 9.01. The van der Waals surface area contributed by atoms with Crippen molar-refractivity contribution in [1.82, 2.24) is 9.97 Å². The van der Waals surface area contributed by atoms with E-state index in [1.54, 1.807) is 0 Å². The van der Waals surface area contributed by atoms with E-state index in [0.717, 1.165) is 17.0 Å². The quantitative estimate of drug-likeness (QED) is 0.914. The average molecular weight is 298 g/mol. The summed E-state index contributed by atoms with van der Waals surface area (Å²) in [7, 11) is 0. The molecule has 0 aromatic carbocycles. The summed E-state index contributed by atoms with van der Waals surface area (Å²) in [5.74, 6) is -0.352. The molecule has 0 saturated heterocycles. The molecule has 0 atom stereocenters. The second kappa shape index (κ2) is 5.54. The molecule has 0 aliphatic rings. The smallest absolute Gasteiger partial charge is 0.266 e. The van der Waals surface area contributed by atoms with Crippen molar-refractivity contribution in [2.45, 2.75) is 20.3 Å². The normalized spacial score (nSPS) is 10.5. The highest BCUT2D eigenvalue weighted by atomic mass is 35.5. The van der Waals surface area contributed by atoms with Crippen molar-refractivity contribution in [3.63, 3.8) is 0 Å². The van der Waals surface area contributed by atoms with Crippen molar-refractivity contribution in [3.8, 4) is 0 Å². The number of aromatic nitrogens is 2. The Labute approximate surface area is 118 Å². The van der Waals surface area contributed by atoms with Crippen LogP contribution in [0.1, 0.15) is 27.9 Å². The number of carbonyl (C=O) groups is 1. The molecule has 19 heavy (non-hydrogen) atoms. The summed E-state index contributed by atoms with van der Waals surface area (Å²) < 4.78 is 0. The predicted molar refractivity (Wildman–Crippen MR) is 76.3 cm³/mol. The van der Waals surface area contributed by atoms with Gasteiger partial charge in [0.15, 0.2) is 5.13 Å². The number of aryl methyl sites for hydroxylation is 2. The van der Waals surface area contributed by atoms with Crippen molar-refractivity contribution >= 4 is 34.0 Å². The van der Waals surface area contributed by atoms with E-state index >= 15 is 0 Å². The highest BCUT2D eigenvalue weighted by Gasteiger charge is 2.12. The molecule has 0 radical (unpaired) electrons. The molecular formula is C12H12ClN3O2S. The van der Waals surface area contributed by atoms with E-state index in [1.165, 1.54) is 23.6 Å². The van der Waals surface area contributed by atoms with Gasteiger partial charge in [0, 0.05) is 11.1 Å². The summed E-state index contributed by atoms with van der Waals surface area (Å²) in [5, 5.41) is 3.21. The van der Waals surface area contributed by atoms with E-state index in [-0.39, 0.29) is 16.5 Å². The fraction of sp³-hybridized carbons (Fsp3) is 0.250. The first-order valence-electron chi connectivity index (χ1n) is 5.67. The Morgan fingerprint density at radius 3 is 2.89 bits per heavy atom. The van der Waals surface area contributed by atoms with Crippen molar-refractivity contribution < 1.29 is 4.79 Å². The maximum absolute atomic E-state index is 12.0. The van der Waals surface area contributed by atoms with Gasteiger partial charge in [0.05, 0.1) is 11.3 Å². The Balaban J connectivity index is 2.20. The highest BCUT2D eigenvalue weighted by molar-refractivity contribution is 7.15. The molecule has 1 amide bonds. The lowest BCUT2D eigenvalue weighted by molar-refractivity contribution is 0.102. The summed E-state index contributed by atoms with van der Waals surface area (Å²) in [6.45, 7) is 3.97. The molecule has 0 aliphatic carbocycles. The van der Waals surface area contributed by atoms with Crippen LogP contribution in [0.5, 0.6) is 0 Å². The number of thiazole rings is 1. The van der Waals surface area contributed by atoms with Gasteiger partial charge in [-0.15, -0.1) is 11.3 Å². The first-order valence-corrected chi connectivity index (χ1v) is 6.86. The van der Waals surface area contributed by atoms with E-state index in [9.17, 15) is 9.59 Å². The minimum absolute atomic E-state index is 0.0165. The Morgan fingerprint density at radius 1 is 1.58 bits per heavy atom. The maximum Gasteiger partial charge on any atom is 0.266 e. The summed E-state index contributed by atoms with van der Waals surface area (Å²) >= 11 is 7.10. The van der Waals surface area contributed by atoms with Crippen LogP contribution in [-0.4, -0.2) is 15.9 Å². The van der Waals surface area contributed by atoms with Crippen LogP contribution in [0.2, 0.25) is 5.02 Å². The molecule has 2 aromatic heterocycles. The zero-order valence-electron chi connectivity index (χ0n) is 10.4. The third kappa shape index (κ3) is 3.02. The van der Waals surface area contributed by atoms with Crippen molar-refractivity contribution in [2.75, 3.05) is 5.32 Å². The van der Waals surface area contributed by atoms with E-state index in [2.05, 4.69) is 15.3 Å². The monoisotopic (exact) mass is 297 g/mol. The van der Waals surface area contributed by atoms with E-state index in [4.69, 9.17) is 11.6 Å². The molecule has 2 aromatic rings. The van der Waals surface area contributed by atoms with Gasteiger partial charge in [0.2, 0.25) is 0 Å². The summed E-state index contributed by atoms with van der Waals surface area (Å²) in [4.78, 5) is 30.9. The van der Waals surface area contributed by atoms with Crippen LogP contribution in [-0.2, 0) is 6.42 Å². The topological polar surface area (TPSA) is 74.8 Å². The van der Waals surface area contributed by atoms with E-state index in [1.807, 2.05) is 13.8 Å². The second-order valence-electron chi connectivity index (χ2n) is 3.89. The highest BCUT2D eigenvalue weighted by Crippen LogP contribution is 2.22. The van der Waals surface area contributed by atoms with Gasteiger partial charge in [-0.2, -0.15) is 0 Å². The summed E-state index contributed by atoms with van der Waals surface area (Å²) in [6, 6.07) is 1.33. The van der Waals surface area contributed by atoms with Crippen LogP contribution in [0.15, 0.2) is 17.1 Å². The first kappa shape index (κ1) is 13.8. The molecule has 5 nitrogen and oxygen atoms in total. The third-order valence-electron chi connectivity index (χ3n) is 2.57. The number of nitrogens with zero attached hydrogens (tertiary/aromatic N) is 1. The lowest BCUT2D eigenvalue weighted by Gasteiger charge is -2.01. The minimum atomic E-state index is -0.420. The van der Waals surface area contributed by atoms with Gasteiger partial charge in [-0.05, 0) is 19.4 Å². The number of H-pyrrole nitrogens is 1. The van der Waals surface area contributed by atoms with Crippen LogP contribution >= 0.6 is 22.9 Å². The fourth-order valence-electron chi connectivity index (χ4n) is 1.57. The predicted octanol–water partition coefficient (Wildman–Crippen LogP) is 2.61. The Morgan fingerprint density at radius 2 is 2.32 bits per heavy atom. The van der Waals surface area contributed by atoms with Gasteiger partial charge < -0.3 is 4.98 Å². The van der Waals surface area contributed by atoms with Crippen LogP contribution in [0.4, 0.5) is 5.13 Å². The van der Waals surface area contributed by atoms with Gasteiger partial charge in [-0.25, -0.2) is 4.98 Å². The number of amides is 1. The number of aromatic amines is 1. The average Bonchev–Trinajstić information content (AvgIpc) is 2.72. The van der Waals surface area contributed by atoms with Crippen molar-refractivity contribution in [2.24, 2.45) is 0 Å². The number of pyridine rings is 1. The number of halogens is 1. The summed E-state index contributed by atoms with van der Waals surface area (Å²) in [5.41, 5.74) is 0.840. The molecule has 0 saturated carbocycles. The number of rotatable bonds is 3. The Hall–Kier alpha value is -1.66. The largest absolute Gasteiger partial charge is 0.327 e. The van der Waals surface area contributed by atoms with E-state index < -0.39 is 5.56 Å². The van der Waals surface area contributed by atoms with E-state index in [0.29, 0.717) is 5.13 Å². The fourth-order valence-corrected chi connectivity index (χ4v) is 2.64. The van der Waals surface area contributed by atoms with Crippen LogP contribution in [0, 0.1) is 6.92 Å². The zero-order chi connectivity index (χ0) is 14.0. The standard InChI is InChI=1S/C12H12ClN3O2S/c1-3-9-6(2)19-12(15-9)16-10(17)7-4-8(13)11(18)14-5-7/h4-5H,3H2,1-2H3,(H,14,18)(H,15,16,17). The lowest BCUT2D eigenvalue weighted by atomic mass is 10.3. The van der Waals surface area contributed by atoms with Gasteiger partial charge in [-0.3, -0.25) is 14.9 Å². The Kier molecular flexibility index (Phi) is 4.01. The molecule has 0 spiro atoms. The SMILES string of the molecule is CCc1nc(NC(=O)c2c[nH]c(=O)c(Cl)c2)sc1C. The van der Waals surface area contributed by atoms with Gasteiger partial charge in [0.1, 0.15) is 5.02 Å². The minimum Gasteiger partial charge on any atom is -0.327 e. The van der Waals surface area contributed by atoms with Gasteiger partial charge >= 0.3 is 0 Å². The third-order valence-corrected chi connectivity index (χ3v) is 3.78. The molecule has 100 valence electrons. The molecule has 0 fully saturated rings. The van der Waals surface area contributed by atoms with Gasteiger partial charge in [0.25, 0.3) is 11.5 Å². The molecule has 2 N–H and O–H groups in total. The molecule has 0 unspecified atom stereocenters. The van der Waals surface area contributed by atoms with Crippen molar-refractivity contribution in [1.29, 1.82) is 0 Å². The number of anilines is 1. The van der Waals surface area contributed by atoms with Crippen LogP contribution < -0.4 is 10.9 Å². The maximum atomic E-state index is 12.0. The number of nitrogens with one attached hydrogen (secondary N) is 2. The van der Waals surface area contributed by atoms with Crippen LogP contribution in [0.3, 0.4) is 0 Å². The second-order valence-corrected chi connectivity index (χ2v) is 5.51. The van der Waals surface area contributed by atoms with Crippen molar-refractivity contribution in [3.05, 3.63) is 43.8 Å². The zero-order valence-corrected chi connectivity index (χ0v) is 12.0. The Bertz CT molecular complexity index is 678. The molecule has 7 heteroatoms. The number of hydrogen-bond donors (Lipinski definition) is 2.